The molecule has 4 atom stereocenters. The number of carbonyl (C=O) groups excluding carboxylic acids is 1. The van der Waals surface area contributed by atoms with Crippen molar-refractivity contribution in [2.24, 2.45) is 5.92 Å². The first-order valence-corrected chi connectivity index (χ1v) is 15.6. The van der Waals surface area contributed by atoms with Crippen LogP contribution >= 0.6 is 45.2 Å². The SMILES string of the molecule is C[C@@H]1[C@@H]([Si](C)(C)O)[C@H](CCO)O[C@@]12C(=O)N(Cc1cccc(I)c1)c1ccc(I)cc12. The Morgan fingerprint density at radius 1 is 1.16 bits per heavy atom. The van der Waals surface area contributed by atoms with Crippen LogP contribution in [-0.4, -0.2) is 36.8 Å². The standard InChI is InChI=1S/C23H27I2NO4Si/c1-14-21(31(2,3)29)20(9-10-27)30-23(14)18-12-17(25)7-8-19(18)26(22(23)28)13-15-5-4-6-16(24)11-15/h4-8,11-12,14,20-21,27,29H,9-10,13H2,1-3H3/t14-,20+,21-,23+/m1/s1. The van der Waals surface area contributed by atoms with Crippen LogP contribution in [0.5, 0.6) is 0 Å². The highest BCUT2D eigenvalue weighted by molar-refractivity contribution is 14.1. The van der Waals surface area contributed by atoms with Crippen LogP contribution in [0.15, 0.2) is 42.5 Å². The van der Waals surface area contributed by atoms with Gasteiger partial charge in [0, 0.05) is 30.8 Å². The van der Waals surface area contributed by atoms with Crippen LogP contribution in [0.25, 0.3) is 0 Å². The minimum Gasteiger partial charge on any atom is -0.432 e. The number of halogens is 2. The van der Waals surface area contributed by atoms with Crippen molar-refractivity contribution in [1.29, 1.82) is 0 Å². The molecular formula is C23H27I2NO4Si. The molecule has 2 N–H and O–H groups in total. The second kappa shape index (κ2) is 8.67. The van der Waals surface area contributed by atoms with Gasteiger partial charge in [-0.15, -0.1) is 0 Å². The first kappa shape index (κ1) is 23.6. The number of carbonyl (C=O) groups is 1. The normalized spacial score (nSPS) is 27.9. The van der Waals surface area contributed by atoms with Crippen molar-refractivity contribution >= 4 is 65.1 Å². The van der Waals surface area contributed by atoms with Crippen LogP contribution < -0.4 is 4.90 Å². The fourth-order valence-corrected chi connectivity index (χ4v) is 9.12. The molecule has 1 spiro atoms. The van der Waals surface area contributed by atoms with Crippen molar-refractivity contribution in [2.45, 2.75) is 50.2 Å². The summed E-state index contributed by atoms with van der Waals surface area (Å²) in [6.07, 6.45) is 0.0657. The van der Waals surface area contributed by atoms with Gasteiger partial charge in [0.05, 0.1) is 18.3 Å². The molecule has 2 aliphatic heterocycles. The Bertz CT molecular complexity index is 1010. The lowest BCUT2D eigenvalue weighted by molar-refractivity contribution is -0.146. The van der Waals surface area contributed by atoms with E-state index in [1.54, 1.807) is 0 Å². The Morgan fingerprint density at radius 3 is 2.52 bits per heavy atom. The highest BCUT2D eigenvalue weighted by Gasteiger charge is 2.66. The zero-order valence-corrected chi connectivity index (χ0v) is 23.1. The molecule has 0 radical (unpaired) electrons. The quantitative estimate of drug-likeness (QED) is 0.362. The Kier molecular flexibility index (Phi) is 6.61. The van der Waals surface area contributed by atoms with Gasteiger partial charge in [-0.2, -0.15) is 0 Å². The number of hydrogen-bond acceptors (Lipinski definition) is 4. The third kappa shape index (κ3) is 4.01. The van der Waals surface area contributed by atoms with Gasteiger partial charge in [-0.3, -0.25) is 4.79 Å². The number of ether oxygens (including phenoxy) is 1. The largest absolute Gasteiger partial charge is 0.432 e. The molecule has 5 nitrogen and oxygen atoms in total. The Hall–Kier alpha value is -0.533. The Balaban J connectivity index is 1.83. The van der Waals surface area contributed by atoms with Crippen molar-refractivity contribution in [1.82, 2.24) is 0 Å². The monoisotopic (exact) mass is 663 g/mol. The summed E-state index contributed by atoms with van der Waals surface area (Å²) in [5.74, 6) is -0.263. The summed E-state index contributed by atoms with van der Waals surface area (Å²) in [7, 11) is -2.66. The topological polar surface area (TPSA) is 70.0 Å². The third-order valence-corrected chi connectivity index (χ3v) is 10.4. The van der Waals surface area contributed by atoms with Gasteiger partial charge in [0.25, 0.3) is 5.91 Å². The minimum atomic E-state index is -2.66. The van der Waals surface area contributed by atoms with E-state index < -0.39 is 13.9 Å². The fourth-order valence-electron chi connectivity index (χ4n) is 5.42. The summed E-state index contributed by atoms with van der Waals surface area (Å²) in [5, 5.41) is 9.66. The van der Waals surface area contributed by atoms with E-state index in [1.165, 1.54) is 0 Å². The molecule has 1 amide bonds. The molecule has 8 heteroatoms. The fraction of sp³-hybridized carbons (Fsp3) is 0.435. The van der Waals surface area contributed by atoms with E-state index in [0.29, 0.717) is 13.0 Å². The van der Waals surface area contributed by atoms with Crippen molar-refractivity contribution < 1.29 is 19.4 Å². The molecule has 0 bridgehead atoms. The van der Waals surface area contributed by atoms with Gasteiger partial charge in [0.15, 0.2) is 13.9 Å². The maximum Gasteiger partial charge on any atom is 0.264 e. The second-order valence-electron chi connectivity index (χ2n) is 9.06. The van der Waals surface area contributed by atoms with Crippen molar-refractivity contribution in [3.8, 4) is 0 Å². The van der Waals surface area contributed by atoms with Crippen LogP contribution in [0.1, 0.15) is 24.5 Å². The predicted octanol–water partition coefficient (Wildman–Crippen LogP) is 4.62. The first-order valence-electron chi connectivity index (χ1n) is 10.5. The molecule has 0 unspecified atom stereocenters. The smallest absolute Gasteiger partial charge is 0.264 e. The van der Waals surface area contributed by atoms with Gasteiger partial charge >= 0.3 is 0 Å². The van der Waals surface area contributed by atoms with E-state index in [0.717, 1.165) is 24.0 Å². The van der Waals surface area contributed by atoms with E-state index >= 15 is 0 Å². The lowest BCUT2D eigenvalue weighted by Crippen LogP contribution is -2.46. The van der Waals surface area contributed by atoms with Gasteiger partial charge in [-0.1, -0.05) is 19.1 Å². The summed E-state index contributed by atoms with van der Waals surface area (Å²) in [6.45, 7) is 6.27. The molecule has 0 saturated carbocycles. The van der Waals surface area contributed by atoms with E-state index in [2.05, 4.69) is 51.2 Å². The molecule has 1 saturated heterocycles. The van der Waals surface area contributed by atoms with Crippen LogP contribution in [0.2, 0.25) is 18.6 Å². The molecule has 0 aliphatic carbocycles. The molecule has 1 fully saturated rings. The molecule has 2 aromatic rings. The van der Waals surface area contributed by atoms with Gasteiger partial charge in [0.1, 0.15) is 0 Å². The first-order chi connectivity index (χ1) is 14.6. The number of rotatable bonds is 5. The zero-order valence-electron chi connectivity index (χ0n) is 17.8. The Labute approximate surface area is 211 Å². The highest BCUT2D eigenvalue weighted by Crippen LogP contribution is 2.59. The average Bonchev–Trinajstić information content (AvgIpc) is 3.10. The van der Waals surface area contributed by atoms with Gasteiger partial charge < -0.3 is 19.5 Å². The molecule has 2 aromatic carbocycles. The second-order valence-corrected chi connectivity index (χ2v) is 15.5. The maximum atomic E-state index is 14.1. The molecule has 4 rings (SSSR count). The molecule has 31 heavy (non-hydrogen) atoms. The van der Waals surface area contributed by atoms with Crippen molar-refractivity contribution in [2.75, 3.05) is 11.5 Å². The van der Waals surface area contributed by atoms with E-state index in [1.807, 2.05) is 61.3 Å². The molecular weight excluding hydrogens is 636 g/mol. The van der Waals surface area contributed by atoms with Crippen LogP contribution in [0, 0.1) is 13.1 Å². The van der Waals surface area contributed by atoms with E-state index in [4.69, 9.17) is 4.74 Å². The number of anilines is 1. The number of aliphatic hydroxyl groups is 1. The summed E-state index contributed by atoms with van der Waals surface area (Å²) < 4.78 is 8.77. The summed E-state index contributed by atoms with van der Waals surface area (Å²) in [5.41, 5.74) is 1.54. The molecule has 2 heterocycles. The predicted molar refractivity (Wildman–Crippen MR) is 140 cm³/mol. The summed E-state index contributed by atoms with van der Waals surface area (Å²) in [4.78, 5) is 27.0. The van der Waals surface area contributed by atoms with Crippen LogP contribution in [0.3, 0.4) is 0 Å². The maximum absolute atomic E-state index is 14.1. The van der Waals surface area contributed by atoms with Crippen molar-refractivity contribution in [3.05, 3.63) is 60.7 Å². The molecule has 0 aromatic heterocycles. The molecule has 2 aliphatic rings. The number of nitrogens with zero attached hydrogens (tertiary/aromatic N) is 1. The Morgan fingerprint density at radius 2 is 1.87 bits per heavy atom. The highest BCUT2D eigenvalue weighted by atomic mass is 127. The number of aliphatic hydroxyl groups excluding tert-OH is 1. The summed E-state index contributed by atoms with van der Waals surface area (Å²) in [6, 6.07) is 14.2. The van der Waals surface area contributed by atoms with E-state index in [9.17, 15) is 14.7 Å². The van der Waals surface area contributed by atoms with Crippen LogP contribution in [0.4, 0.5) is 5.69 Å². The van der Waals surface area contributed by atoms with Gasteiger partial charge in [-0.25, -0.2) is 0 Å². The lowest BCUT2D eigenvalue weighted by Gasteiger charge is -2.32. The van der Waals surface area contributed by atoms with Crippen LogP contribution in [-0.2, 0) is 21.7 Å². The number of fused-ring (bicyclic) bond motifs is 2. The lowest BCUT2D eigenvalue weighted by atomic mass is 9.82. The third-order valence-electron chi connectivity index (χ3n) is 6.59. The number of amides is 1. The number of hydrogen-bond donors (Lipinski definition) is 2. The van der Waals surface area contributed by atoms with Gasteiger partial charge in [0.2, 0.25) is 0 Å². The van der Waals surface area contributed by atoms with Gasteiger partial charge in [-0.05, 0) is 101 Å². The van der Waals surface area contributed by atoms with E-state index in [-0.39, 0.29) is 30.1 Å². The zero-order chi connectivity index (χ0) is 22.6. The summed E-state index contributed by atoms with van der Waals surface area (Å²) >= 11 is 4.55. The van der Waals surface area contributed by atoms with Crippen molar-refractivity contribution in [3.63, 3.8) is 0 Å². The molecule has 166 valence electrons. The average molecular weight is 663 g/mol. The minimum absolute atomic E-state index is 0.0337. The number of benzene rings is 2.